The van der Waals surface area contributed by atoms with Crippen molar-refractivity contribution in [3.63, 3.8) is 0 Å². The predicted molar refractivity (Wildman–Crippen MR) is 128 cm³/mol. The lowest BCUT2D eigenvalue weighted by atomic mass is 9.94. The maximum atomic E-state index is 12.9. The van der Waals surface area contributed by atoms with Gasteiger partial charge in [-0.15, -0.1) is 0 Å². The third-order valence-electron chi connectivity index (χ3n) is 6.12. The summed E-state index contributed by atoms with van der Waals surface area (Å²) in [7, 11) is 4.43. The third-order valence-corrected chi connectivity index (χ3v) is 6.12. The molecule has 8 heteroatoms. The van der Waals surface area contributed by atoms with Crippen LogP contribution in [0.4, 0.5) is 4.79 Å². The summed E-state index contributed by atoms with van der Waals surface area (Å²) < 4.78 is 15.8. The number of carbonyl (C=O) groups is 2. The summed E-state index contributed by atoms with van der Waals surface area (Å²) in [6.45, 7) is 1.94. The Labute approximate surface area is 199 Å². The van der Waals surface area contributed by atoms with Gasteiger partial charge in [-0.05, 0) is 35.3 Å². The summed E-state index contributed by atoms with van der Waals surface area (Å²) in [4.78, 5) is 27.6. The van der Waals surface area contributed by atoms with E-state index < -0.39 is 12.0 Å². The fourth-order valence-corrected chi connectivity index (χ4v) is 4.37. The van der Waals surface area contributed by atoms with Crippen LogP contribution in [0.3, 0.4) is 0 Å². The van der Waals surface area contributed by atoms with Crippen molar-refractivity contribution in [2.75, 3.05) is 41.0 Å². The molecule has 1 unspecified atom stereocenters. The van der Waals surface area contributed by atoms with E-state index in [4.69, 9.17) is 14.2 Å². The highest BCUT2D eigenvalue weighted by Gasteiger charge is 2.34. The maximum absolute atomic E-state index is 12.9. The molecule has 0 aromatic heterocycles. The highest BCUT2D eigenvalue weighted by molar-refractivity contribution is 5.95. The van der Waals surface area contributed by atoms with Crippen LogP contribution in [0.25, 0.3) is 5.57 Å². The second-order valence-corrected chi connectivity index (χ2v) is 8.11. The molecule has 178 valence electrons. The lowest BCUT2D eigenvalue weighted by molar-refractivity contribution is -0.136. The highest BCUT2D eigenvalue weighted by atomic mass is 16.5. The van der Waals surface area contributed by atoms with E-state index in [0.717, 1.165) is 13.0 Å². The van der Waals surface area contributed by atoms with E-state index in [1.807, 2.05) is 18.2 Å². The first-order chi connectivity index (χ1) is 16.5. The summed E-state index contributed by atoms with van der Waals surface area (Å²) in [5.41, 5.74) is 4.12. The largest absolute Gasteiger partial charge is 0.493 e. The molecule has 2 aliphatic heterocycles. The van der Waals surface area contributed by atoms with Crippen molar-refractivity contribution in [2.24, 2.45) is 0 Å². The number of urea groups is 1. The van der Waals surface area contributed by atoms with Gasteiger partial charge in [0.25, 0.3) is 0 Å². The topological polar surface area (TPSA) is 89.1 Å². The van der Waals surface area contributed by atoms with Crippen LogP contribution in [0.1, 0.15) is 23.6 Å². The molecule has 2 aliphatic rings. The molecular formula is C26H29N3O5. The summed E-state index contributed by atoms with van der Waals surface area (Å²) in [5.74, 6) is 0.567. The lowest BCUT2D eigenvalue weighted by Gasteiger charge is -2.33. The number of nitrogens with zero attached hydrogens (tertiary/aromatic N) is 1. The predicted octanol–water partition coefficient (Wildman–Crippen LogP) is 3.27. The quantitative estimate of drug-likeness (QED) is 0.613. The molecule has 2 N–H and O–H groups in total. The Morgan fingerprint density at radius 2 is 1.82 bits per heavy atom. The Morgan fingerprint density at radius 3 is 2.47 bits per heavy atom. The zero-order valence-electron chi connectivity index (χ0n) is 19.6. The normalized spacial score (nSPS) is 18.5. The third kappa shape index (κ3) is 4.92. The first kappa shape index (κ1) is 23.4. The number of benzene rings is 2. The SMILES string of the molecule is COC(=O)C1=C(CN2CC=C(c3ccccc3)CC2)NC(=O)NC1c1ccc(OC)c(OC)c1. The van der Waals surface area contributed by atoms with E-state index >= 15 is 0 Å². The van der Waals surface area contributed by atoms with Crippen LogP contribution in [0.5, 0.6) is 11.5 Å². The summed E-state index contributed by atoms with van der Waals surface area (Å²) in [5, 5.41) is 5.68. The van der Waals surface area contributed by atoms with Crippen molar-refractivity contribution in [3.8, 4) is 11.5 Å². The van der Waals surface area contributed by atoms with Gasteiger partial charge in [0.1, 0.15) is 0 Å². The van der Waals surface area contributed by atoms with E-state index in [1.54, 1.807) is 32.4 Å². The number of amides is 2. The number of carbonyl (C=O) groups excluding carboxylic acids is 2. The van der Waals surface area contributed by atoms with Crippen LogP contribution in [-0.2, 0) is 9.53 Å². The van der Waals surface area contributed by atoms with Crippen molar-refractivity contribution in [2.45, 2.75) is 12.5 Å². The molecule has 0 radical (unpaired) electrons. The number of esters is 1. The second-order valence-electron chi connectivity index (χ2n) is 8.11. The highest BCUT2D eigenvalue weighted by Crippen LogP contribution is 2.34. The van der Waals surface area contributed by atoms with Gasteiger partial charge in [-0.1, -0.05) is 42.5 Å². The first-order valence-electron chi connectivity index (χ1n) is 11.1. The van der Waals surface area contributed by atoms with Gasteiger partial charge in [0.05, 0.1) is 32.9 Å². The number of methoxy groups -OCH3 is 3. The Morgan fingerprint density at radius 1 is 1.06 bits per heavy atom. The Hall–Kier alpha value is -3.78. The number of nitrogens with one attached hydrogen (secondary N) is 2. The van der Waals surface area contributed by atoms with Crippen molar-refractivity contribution >= 4 is 17.6 Å². The summed E-state index contributed by atoms with van der Waals surface area (Å²) in [6.07, 6.45) is 3.09. The van der Waals surface area contributed by atoms with Crippen LogP contribution in [0.2, 0.25) is 0 Å². The number of hydrogen-bond donors (Lipinski definition) is 2. The van der Waals surface area contributed by atoms with Crippen LogP contribution in [0.15, 0.2) is 65.9 Å². The molecule has 0 spiro atoms. The molecule has 0 aliphatic carbocycles. The number of ether oxygens (including phenoxy) is 3. The first-order valence-corrected chi connectivity index (χ1v) is 11.1. The minimum Gasteiger partial charge on any atom is -0.493 e. The van der Waals surface area contributed by atoms with Crippen molar-refractivity contribution < 1.29 is 23.8 Å². The molecule has 0 fully saturated rings. The summed E-state index contributed by atoms with van der Waals surface area (Å²) >= 11 is 0. The maximum Gasteiger partial charge on any atom is 0.338 e. The van der Waals surface area contributed by atoms with Gasteiger partial charge in [-0.25, -0.2) is 9.59 Å². The van der Waals surface area contributed by atoms with Crippen LogP contribution >= 0.6 is 0 Å². The van der Waals surface area contributed by atoms with Crippen molar-refractivity contribution in [1.82, 2.24) is 15.5 Å². The molecular weight excluding hydrogens is 434 g/mol. The summed E-state index contributed by atoms with van der Waals surface area (Å²) in [6, 6.07) is 14.5. The average molecular weight is 464 g/mol. The van der Waals surface area contributed by atoms with Crippen LogP contribution in [0, 0.1) is 0 Å². The fraction of sp³-hybridized carbons (Fsp3) is 0.308. The van der Waals surface area contributed by atoms with Gasteiger partial charge >= 0.3 is 12.0 Å². The molecule has 34 heavy (non-hydrogen) atoms. The van der Waals surface area contributed by atoms with Gasteiger partial charge in [-0.2, -0.15) is 0 Å². The van der Waals surface area contributed by atoms with Gasteiger partial charge in [0.15, 0.2) is 11.5 Å². The van der Waals surface area contributed by atoms with Gasteiger partial charge in [0.2, 0.25) is 0 Å². The molecule has 0 saturated heterocycles. The van der Waals surface area contributed by atoms with Gasteiger partial charge < -0.3 is 24.8 Å². The van der Waals surface area contributed by atoms with Gasteiger partial charge in [-0.3, -0.25) is 4.90 Å². The average Bonchev–Trinajstić information content (AvgIpc) is 2.88. The Kier molecular flexibility index (Phi) is 7.18. The van der Waals surface area contributed by atoms with E-state index in [-0.39, 0.29) is 6.03 Å². The molecule has 2 amide bonds. The zero-order chi connectivity index (χ0) is 24.1. The van der Waals surface area contributed by atoms with Crippen LogP contribution < -0.4 is 20.1 Å². The number of rotatable bonds is 7. The monoisotopic (exact) mass is 463 g/mol. The number of hydrogen-bond acceptors (Lipinski definition) is 6. The minimum atomic E-state index is -0.684. The van der Waals surface area contributed by atoms with E-state index in [2.05, 4.69) is 33.7 Å². The minimum absolute atomic E-state index is 0.368. The van der Waals surface area contributed by atoms with Gasteiger partial charge in [0, 0.05) is 25.3 Å². The van der Waals surface area contributed by atoms with Crippen molar-refractivity contribution in [1.29, 1.82) is 0 Å². The molecule has 2 aromatic carbocycles. The molecule has 0 bridgehead atoms. The van der Waals surface area contributed by atoms with E-state index in [0.29, 0.717) is 41.4 Å². The molecule has 2 heterocycles. The van der Waals surface area contributed by atoms with Crippen molar-refractivity contribution in [3.05, 3.63) is 77.0 Å². The fourth-order valence-electron chi connectivity index (χ4n) is 4.37. The molecule has 4 rings (SSSR count). The van der Waals surface area contributed by atoms with Crippen LogP contribution in [-0.4, -0.2) is 57.9 Å². The standard InChI is InChI=1S/C26H29N3O5/c1-32-21-10-9-19(15-22(21)33-2)24-23(25(30)34-3)20(27-26(31)28-24)16-29-13-11-18(12-14-29)17-7-5-4-6-8-17/h4-11,15,24H,12-14,16H2,1-3H3,(H2,27,28,31). The zero-order valence-corrected chi connectivity index (χ0v) is 19.6. The molecule has 2 aromatic rings. The Balaban J connectivity index is 1.63. The van der Waals surface area contributed by atoms with E-state index in [9.17, 15) is 9.59 Å². The second kappa shape index (κ2) is 10.4. The molecule has 8 nitrogen and oxygen atoms in total. The molecule has 1 atom stereocenters. The smallest absolute Gasteiger partial charge is 0.338 e. The Bertz CT molecular complexity index is 1130. The lowest BCUT2D eigenvalue weighted by Crippen LogP contribution is -2.48. The van der Waals surface area contributed by atoms with E-state index in [1.165, 1.54) is 18.2 Å². The molecule has 0 saturated carbocycles.